The minimum absolute atomic E-state index is 0.456. The molecule has 1 atom stereocenters. The van der Waals surface area contributed by atoms with Crippen LogP contribution in [0.2, 0.25) is 0 Å². The molecule has 2 aromatic rings. The van der Waals surface area contributed by atoms with Crippen molar-refractivity contribution in [1.29, 1.82) is 0 Å². The van der Waals surface area contributed by atoms with Gasteiger partial charge in [-0.2, -0.15) is 0 Å². The third-order valence-corrected chi connectivity index (χ3v) is 3.72. The highest BCUT2D eigenvalue weighted by atomic mass is 15.1. The van der Waals surface area contributed by atoms with Crippen molar-refractivity contribution >= 4 is 0 Å². The lowest BCUT2D eigenvalue weighted by Gasteiger charge is -2.16. The Morgan fingerprint density at radius 2 is 2.28 bits per heavy atom. The molecular formula is C15H19N3. The Morgan fingerprint density at radius 3 is 3.06 bits per heavy atom. The average Bonchev–Trinajstić information content (AvgIpc) is 3.09. The topological polar surface area (TPSA) is 29.9 Å². The van der Waals surface area contributed by atoms with Crippen LogP contribution >= 0.6 is 0 Å². The molecule has 0 saturated carbocycles. The zero-order valence-electron chi connectivity index (χ0n) is 10.8. The van der Waals surface area contributed by atoms with Crippen LogP contribution in [0.4, 0.5) is 0 Å². The normalized spacial score (nSPS) is 19.3. The molecule has 1 N–H and O–H groups in total. The van der Waals surface area contributed by atoms with E-state index in [1.807, 2.05) is 12.5 Å². The summed E-state index contributed by atoms with van der Waals surface area (Å²) in [5.41, 5.74) is 3.92. The number of hydrogen-bond acceptors (Lipinski definition) is 2. The van der Waals surface area contributed by atoms with E-state index < -0.39 is 0 Å². The van der Waals surface area contributed by atoms with Crippen molar-refractivity contribution in [3.8, 4) is 5.69 Å². The highest BCUT2D eigenvalue weighted by molar-refractivity contribution is 5.42. The van der Waals surface area contributed by atoms with E-state index in [1.54, 1.807) is 0 Å². The molecule has 0 spiro atoms. The summed E-state index contributed by atoms with van der Waals surface area (Å²) in [4.78, 5) is 4.34. The third kappa shape index (κ3) is 1.95. The molecule has 1 aromatic carbocycles. The second-order valence-electron chi connectivity index (χ2n) is 4.82. The fourth-order valence-electron chi connectivity index (χ4n) is 2.75. The van der Waals surface area contributed by atoms with Crippen molar-refractivity contribution in [3.63, 3.8) is 0 Å². The van der Waals surface area contributed by atoms with Gasteiger partial charge in [0.1, 0.15) is 0 Å². The first-order chi connectivity index (χ1) is 8.90. The van der Waals surface area contributed by atoms with E-state index in [0.717, 1.165) is 13.0 Å². The molecular weight excluding hydrogens is 222 g/mol. The van der Waals surface area contributed by atoms with Gasteiger partial charge >= 0.3 is 0 Å². The number of nitrogens with zero attached hydrogens (tertiary/aromatic N) is 2. The van der Waals surface area contributed by atoms with Gasteiger partial charge in [0.05, 0.1) is 23.9 Å². The van der Waals surface area contributed by atoms with Gasteiger partial charge < -0.3 is 9.88 Å². The summed E-state index contributed by atoms with van der Waals surface area (Å²) in [6.45, 7) is 3.31. The maximum atomic E-state index is 4.34. The fourth-order valence-corrected chi connectivity index (χ4v) is 2.75. The van der Waals surface area contributed by atoms with Crippen LogP contribution in [0.25, 0.3) is 5.69 Å². The predicted molar refractivity (Wildman–Crippen MR) is 72.9 cm³/mol. The van der Waals surface area contributed by atoms with E-state index in [9.17, 15) is 0 Å². The van der Waals surface area contributed by atoms with Crippen LogP contribution in [0.5, 0.6) is 0 Å². The third-order valence-electron chi connectivity index (χ3n) is 3.72. The van der Waals surface area contributed by atoms with Crippen molar-refractivity contribution in [2.75, 3.05) is 6.54 Å². The van der Waals surface area contributed by atoms with Gasteiger partial charge in [-0.1, -0.05) is 25.1 Å². The first kappa shape index (κ1) is 11.5. The smallest absolute Gasteiger partial charge is 0.0994 e. The summed E-state index contributed by atoms with van der Waals surface area (Å²) in [5, 5.41) is 3.55. The molecule has 94 valence electrons. The van der Waals surface area contributed by atoms with Crippen molar-refractivity contribution in [2.24, 2.45) is 0 Å². The van der Waals surface area contributed by atoms with E-state index in [2.05, 4.69) is 46.1 Å². The van der Waals surface area contributed by atoms with Crippen molar-refractivity contribution in [3.05, 3.63) is 48.0 Å². The van der Waals surface area contributed by atoms with Gasteiger partial charge in [-0.15, -0.1) is 0 Å². The zero-order valence-corrected chi connectivity index (χ0v) is 10.8. The van der Waals surface area contributed by atoms with Crippen LogP contribution in [0.15, 0.2) is 36.8 Å². The molecule has 3 rings (SSSR count). The van der Waals surface area contributed by atoms with E-state index in [4.69, 9.17) is 0 Å². The van der Waals surface area contributed by atoms with E-state index >= 15 is 0 Å². The molecule has 0 aliphatic carbocycles. The average molecular weight is 241 g/mol. The van der Waals surface area contributed by atoms with Gasteiger partial charge in [-0.05, 0) is 37.4 Å². The lowest BCUT2D eigenvalue weighted by Crippen LogP contribution is -2.16. The van der Waals surface area contributed by atoms with E-state index in [0.29, 0.717) is 6.04 Å². The maximum Gasteiger partial charge on any atom is 0.0994 e. The number of para-hydroxylation sites is 1. The lowest BCUT2D eigenvalue weighted by molar-refractivity contribution is 0.614. The molecule has 1 fully saturated rings. The highest BCUT2D eigenvalue weighted by Gasteiger charge is 2.20. The Hall–Kier alpha value is -1.61. The van der Waals surface area contributed by atoms with Gasteiger partial charge in [0.15, 0.2) is 0 Å². The number of nitrogens with one attached hydrogen (secondary N) is 1. The number of hydrogen-bond donors (Lipinski definition) is 1. The number of rotatable bonds is 3. The van der Waals surface area contributed by atoms with Crippen LogP contribution in [-0.4, -0.2) is 16.1 Å². The minimum Gasteiger partial charge on any atom is -0.309 e. The van der Waals surface area contributed by atoms with Crippen LogP contribution in [0.3, 0.4) is 0 Å². The molecule has 0 radical (unpaired) electrons. The first-order valence-corrected chi connectivity index (χ1v) is 6.74. The van der Waals surface area contributed by atoms with Crippen molar-refractivity contribution in [2.45, 2.75) is 32.2 Å². The largest absolute Gasteiger partial charge is 0.309 e. The van der Waals surface area contributed by atoms with Gasteiger partial charge in [0, 0.05) is 6.04 Å². The monoisotopic (exact) mass is 241 g/mol. The van der Waals surface area contributed by atoms with Crippen molar-refractivity contribution < 1.29 is 0 Å². The molecule has 1 aliphatic rings. The molecule has 1 aliphatic heterocycles. The Balaban J connectivity index is 2.03. The molecule has 3 heteroatoms. The molecule has 18 heavy (non-hydrogen) atoms. The Bertz CT molecular complexity index is 524. The summed E-state index contributed by atoms with van der Waals surface area (Å²) in [6, 6.07) is 9.03. The van der Waals surface area contributed by atoms with E-state index in [-0.39, 0.29) is 0 Å². The maximum absolute atomic E-state index is 4.34. The van der Waals surface area contributed by atoms with Gasteiger partial charge in [0.25, 0.3) is 0 Å². The highest BCUT2D eigenvalue weighted by Crippen LogP contribution is 2.26. The molecule has 3 nitrogen and oxygen atoms in total. The summed E-state index contributed by atoms with van der Waals surface area (Å²) in [5.74, 6) is 0. The molecule has 0 bridgehead atoms. The van der Waals surface area contributed by atoms with E-state index in [1.165, 1.54) is 29.8 Å². The van der Waals surface area contributed by atoms with Gasteiger partial charge in [0.2, 0.25) is 0 Å². The van der Waals surface area contributed by atoms with Gasteiger partial charge in [-0.25, -0.2) is 4.98 Å². The summed E-state index contributed by atoms with van der Waals surface area (Å²) in [6.07, 6.45) is 7.44. The first-order valence-electron chi connectivity index (χ1n) is 6.74. The Labute approximate surface area is 108 Å². The Morgan fingerprint density at radius 1 is 1.39 bits per heavy atom. The Kier molecular flexibility index (Phi) is 3.15. The molecule has 0 amide bonds. The van der Waals surface area contributed by atoms with Crippen LogP contribution in [0, 0.1) is 0 Å². The molecule has 1 saturated heterocycles. The van der Waals surface area contributed by atoms with Crippen LogP contribution in [-0.2, 0) is 6.42 Å². The number of benzene rings is 1. The summed E-state index contributed by atoms with van der Waals surface area (Å²) < 4.78 is 2.24. The quantitative estimate of drug-likeness (QED) is 0.895. The van der Waals surface area contributed by atoms with Crippen molar-refractivity contribution in [1.82, 2.24) is 14.9 Å². The lowest BCUT2D eigenvalue weighted by atomic mass is 10.1. The standard InChI is InChI=1S/C15H19N3/c1-2-12-6-3-4-8-14(12)18-11-16-10-15(18)13-7-5-9-17-13/h3-4,6,8,10-11,13,17H,2,5,7,9H2,1H3. The molecule has 2 heterocycles. The van der Waals surface area contributed by atoms with Crippen LogP contribution in [0.1, 0.15) is 37.1 Å². The second-order valence-corrected chi connectivity index (χ2v) is 4.82. The molecule has 1 aromatic heterocycles. The minimum atomic E-state index is 0.456. The zero-order chi connectivity index (χ0) is 12.4. The number of aryl methyl sites for hydroxylation is 1. The number of imidazole rings is 1. The van der Waals surface area contributed by atoms with Crippen LogP contribution < -0.4 is 5.32 Å². The second kappa shape index (κ2) is 4.94. The van der Waals surface area contributed by atoms with Gasteiger partial charge in [-0.3, -0.25) is 0 Å². The number of aromatic nitrogens is 2. The summed E-state index contributed by atoms with van der Waals surface area (Å²) in [7, 11) is 0. The predicted octanol–water partition coefficient (Wildman–Crippen LogP) is 2.86. The fraction of sp³-hybridized carbons (Fsp3) is 0.400. The SMILES string of the molecule is CCc1ccccc1-n1cncc1C1CCCN1. The summed E-state index contributed by atoms with van der Waals surface area (Å²) >= 11 is 0. The molecule has 1 unspecified atom stereocenters.